The molecule has 2 aromatic heterocycles. The molecule has 14 heteroatoms. The summed E-state index contributed by atoms with van der Waals surface area (Å²) in [5.41, 5.74) is 17.7. The number of aromatic amines is 1. The van der Waals surface area contributed by atoms with Gasteiger partial charge < -0.3 is 22.2 Å². The minimum atomic E-state index is -4.57. The molecule has 3 atom stereocenters. The average molecular weight is 713 g/mol. The molecular weight excluding hydrogens is 667 g/mol. The van der Waals surface area contributed by atoms with Crippen LogP contribution in [0.3, 0.4) is 0 Å². The van der Waals surface area contributed by atoms with Gasteiger partial charge in [-0.3, -0.25) is 18.8 Å². The number of likely N-dealkylation sites (tertiary alicyclic amines) is 1. The number of alkyl halides is 4. The van der Waals surface area contributed by atoms with E-state index in [4.69, 9.17) is 17.2 Å². The maximum Gasteiger partial charge on any atom is 0.416 e. The van der Waals surface area contributed by atoms with E-state index in [1.807, 2.05) is 0 Å². The number of aliphatic imine (C=N–C) groups is 1. The first kappa shape index (κ1) is 37.8. The van der Waals surface area contributed by atoms with Gasteiger partial charge in [-0.05, 0) is 98.9 Å². The van der Waals surface area contributed by atoms with E-state index in [9.17, 15) is 22.4 Å². The fourth-order valence-electron chi connectivity index (χ4n) is 6.87. The molecule has 0 radical (unpaired) electrons. The molecule has 0 bridgehead atoms. The van der Waals surface area contributed by atoms with E-state index in [-0.39, 0.29) is 41.6 Å². The van der Waals surface area contributed by atoms with Gasteiger partial charge in [0.15, 0.2) is 0 Å². The number of nitrogens with two attached hydrogens (primary N) is 3. The molecule has 5 rings (SSSR count). The highest BCUT2D eigenvalue weighted by atomic mass is 19.4. The third-order valence-electron chi connectivity index (χ3n) is 9.49. The topological polar surface area (TPSA) is 144 Å². The van der Waals surface area contributed by atoms with Gasteiger partial charge in [-0.2, -0.15) is 18.2 Å². The second kappa shape index (κ2) is 16.7. The van der Waals surface area contributed by atoms with Crippen molar-refractivity contribution in [3.63, 3.8) is 0 Å². The van der Waals surface area contributed by atoms with Crippen molar-refractivity contribution in [3.05, 3.63) is 94.3 Å². The Kier molecular flexibility index (Phi) is 12.4. The highest BCUT2D eigenvalue weighted by Gasteiger charge is 2.33. The summed E-state index contributed by atoms with van der Waals surface area (Å²) in [5, 5.41) is 0.454. The van der Waals surface area contributed by atoms with Crippen LogP contribution >= 0.6 is 0 Å². The van der Waals surface area contributed by atoms with Crippen molar-refractivity contribution in [1.29, 1.82) is 0 Å². The first-order valence-electron chi connectivity index (χ1n) is 17.2. The number of H-pyrrole nitrogens is 1. The van der Waals surface area contributed by atoms with E-state index >= 15 is 4.39 Å². The minimum Gasteiger partial charge on any atom is -0.386 e. The Bertz CT molecular complexity index is 1900. The SMILES string of the molecule is C=C[C@H](N)CCCc1cc(-c2cc3cn(-c4ccc([C@@H]5CCC[C@@H](CCN=C(N)CN)N5CCCF)c(F)c4)c(=O)nc3[nH]2)cc(C(F)(F)F)c1. The van der Waals surface area contributed by atoms with Crippen LogP contribution in [0.4, 0.5) is 22.0 Å². The van der Waals surface area contributed by atoms with Crippen molar-refractivity contribution in [2.45, 2.75) is 75.7 Å². The Balaban J connectivity index is 1.43. The van der Waals surface area contributed by atoms with Crippen LogP contribution in [0.15, 0.2) is 71.1 Å². The average Bonchev–Trinajstić information content (AvgIpc) is 3.52. The lowest BCUT2D eigenvalue weighted by atomic mass is 9.88. The second-order valence-corrected chi connectivity index (χ2v) is 13.0. The summed E-state index contributed by atoms with van der Waals surface area (Å²) in [6.45, 7) is 4.24. The van der Waals surface area contributed by atoms with Crippen molar-refractivity contribution in [2.75, 3.05) is 26.3 Å². The molecule has 0 aliphatic carbocycles. The summed E-state index contributed by atoms with van der Waals surface area (Å²) in [5.74, 6) is -0.152. The first-order chi connectivity index (χ1) is 24.4. The molecule has 1 aliphatic heterocycles. The van der Waals surface area contributed by atoms with E-state index in [2.05, 4.69) is 26.4 Å². The van der Waals surface area contributed by atoms with Gasteiger partial charge in [0, 0.05) is 54.1 Å². The fourth-order valence-corrected chi connectivity index (χ4v) is 6.87. The van der Waals surface area contributed by atoms with E-state index in [0.717, 1.165) is 25.0 Å². The van der Waals surface area contributed by atoms with Gasteiger partial charge in [0.25, 0.3) is 0 Å². The van der Waals surface area contributed by atoms with Gasteiger partial charge in [0.1, 0.15) is 17.3 Å². The number of rotatable bonds is 15. The molecule has 51 heavy (non-hydrogen) atoms. The molecule has 1 aliphatic rings. The van der Waals surface area contributed by atoms with Gasteiger partial charge in [-0.1, -0.05) is 12.1 Å². The lowest BCUT2D eigenvalue weighted by Crippen LogP contribution is -2.43. The molecular formula is C37H45F5N8O. The van der Waals surface area contributed by atoms with Crippen LogP contribution in [0.5, 0.6) is 0 Å². The number of hydrogen-bond acceptors (Lipinski definition) is 6. The summed E-state index contributed by atoms with van der Waals surface area (Å²) < 4.78 is 72.0. The molecule has 274 valence electrons. The largest absolute Gasteiger partial charge is 0.416 e. The number of hydrogen-bond donors (Lipinski definition) is 4. The van der Waals surface area contributed by atoms with Crippen LogP contribution in [-0.4, -0.2) is 63.7 Å². The summed E-state index contributed by atoms with van der Waals surface area (Å²) in [6, 6.07) is 9.57. The van der Waals surface area contributed by atoms with Gasteiger partial charge in [-0.25, -0.2) is 9.18 Å². The predicted molar refractivity (Wildman–Crippen MR) is 191 cm³/mol. The lowest BCUT2D eigenvalue weighted by Gasteiger charge is -2.42. The molecule has 1 fully saturated rings. The van der Waals surface area contributed by atoms with E-state index in [1.165, 1.54) is 16.8 Å². The molecule has 7 N–H and O–H groups in total. The maximum atomic E-state index is 15.9. The highest BCUT2D eigenvalue weighted by molar-refractivity contribution is 5.83. The minimum absolute atomic E-state index is 0.0594. The summed E-state index contributed by atoms with van der Waals surface area (Å²) in [4.78, 5) is 26.7. The fraction of sp³-hybridized carbons (Fsp3) is 0.432. The van der Waals surface area contributed by atoms with E-state index in [0.29, 0.717) is 79.7 Å². The number of aromatic nitrogens is 3. The Morgan fingerprint density at radius 3 is 2.67 bits per heavy atom. The number of aryl methyl sites for hydroxylation is 1. The first-order valence-corrected chi connectivity index (χ1v) is 17.2. The third kappa shape index (κ3) is 9.29. The van der Waals surface area contributed by atoms with Crippen LogP contribution < -0.4 is 22.9 Å². The Hall–Kier alpha value is -4.40. The quantitative estimate of drug-likeness (QED) is 0.0491. The second-order valence-electron chi connectivity index (χ2n) is 13.0. The third-order valence-corrected chi connectivity index (χ3v) is 9.49. The smallest absolute Gasteiger partial charge is 0.386 e. The lowest BCUT2D eigenvalue weighted by molar-refractivity contribution is -0.137. The summed E-state index contributed by atoms with van der Waals surface area (Å²) in [7, 11) is 0. The molecule has 3 heterocycles. The van der Waals surface area contributed by atoms with Crippen LogP contribution in [-0.2, 0) is 12.6 Å². The van der Waals surface area contributed by atoms with Gasteiger partial charge in [-0.15, -0.1) is 6.58 Å². The van der Waals surface area contributed by atoms with Crippen LogP contribution in [0, 0.1) is 5.82 Å². The monoisotopic (exact) mass is 712 g/mol. The van der Waals surface area contributed by atoms with Gasteiger partial charge in [0.05, 0.1) is 24.5 Å². The van der Waals surface area contributed by atoms with E-state index < -0.39 is 29.9 Å². The van der Waals surface area contributed by atoms with Crippen molar-refractivity contribution in [2.24, 2.45) is 22.2 Å². The summed E-state index contributed by atoms with van der Waals surface area (Å²) >= 11 is 0. The Morgan fingerprint density at radius 2 is 1.96 bits per heavy atom. The predicted octanol–water partition coefficient (Wildman–Crippen LogP) is 6.34. The highest BCUT2D eigenvalue weighted by Crippen LogP contribution is 2.38. The van der Waals surface area contributed by atoms with E-state index in [1.54, 1.807) is 30.3 Å². The van der Waals surface area contributed by atoms with Gasteiger partial charge >= 0.3 is 11.9 Å². The Labute approximate surface area is 293 Å². The van der Waals surface area contributed by atoms with Crippen LogP contribution in [0.25, 0.3) is 28.0 Å². The molecule has 0 amide bonds. The van der Waals surface area contributed by atoms with Gasteiger partial charge in [0.2, 0.25) is 0 Å². The van der Waals surface area contributed by atoms with Crippen molar-refractivity contribution >= 4 is 16.9 Å². The number of amidine groups is 1. The zero-order chi connectivity index (χ0) is 36.7. The van der Waals surface area contributed by atoms with Crippen molar-refractivity contribution in [1.82, 2.24) is 19.4 Å². The number of benzene rings is 2. The molecule has 0 spiro atoms. The number of nitrogens with zero attached hydrogens (tertiary/aromatic N) is 4. The normalized spacial score (nSPS) is 18.0. The van der Waals surface area contributed by atoms with Crippen molar-refractivity contribution in [3.8, 4) is 16.9 Å². The maximum absolute atomic E-state index is 15.9. The zero-order valence-electron chi connectivity index (χ0n) is 28.4. The Morgan fingerprint density at radius 1 is 1.16 bits per heavy atom. The number of halogens is 5. The van der Waals surface area contributed by atoms with Crippen molar-refractivity contribution < 1.29 is 22.0 Å². The standard InChI is InChI=1S/C37H45F5N8O/c1-2-27(44)7-3-6-23-16-24(18-26(17-23)37(40,41)42)32-19-25-22-50(36(51)48-35(25)47-32)29-10-11-30(31(39)20-29)33-9-4-8-28(49(33)15-5-13-38)12-14-46-34(45)21-43/h2,10-11,16-20,22,27-28,33H,1,3-9,12-15,21,43-44H2,(H2,45,46)(H,47,48,51)/t27-,28-,33-/m0/s1. The molecule has 9 nitrogen and oxygen atoms in total. The molecule has 0 saturated carbocycles. The number of nitrogens with one attached hydrogen (secondary N) is 1. The molecule has 4 aromatic rings. The van der Waals surface area contributed by atoms with Crippen LogP contribution in [0.1, 0.15) is 67.7 Å². The number of fused-ring (bicyclic) bond motifs is 1. The summed E-state index contributed by atoms with van der Waals surface area (Å²) in [6.07, 6.45) is 3.47. The van der Waals surface area contributed by atoms with Crippen LogP contribution in [0.2, 0.25) is 0 Å². The zero-order valence-corrected chi connectivity index (χ0v) is 28.4. The molecule has 1 saturated heterocycles. The molecule has 2 aromatic carbocycles. The number of piperidine rings is 1. The molecule has 0 unspecified atom stereocenters.